The minimum absolute atomic E-state index is 0.0538. The maximum absolute atomic E-state index is 10.2. The van der Waals surface area contributed by atoms with Crippen LogP contribution in [0.3, 0.4) is 0 Å². The molecule has 122 valence electrons. The summed E-state index contributed by atoms with van der Waals surface area (Å²) in [5.41, 5.74) is 0.963. The van der Waals surface area contributed by atoms with E-state index in [0.717, 1.165) is 12.1 Å². The molecule has 1 aromatic heterocycles. The lowest BCUT2D eigenvalue weighted by Crippen LogP contribution is -2.37. The smallest absolute Gasteiger partial charge is 0.244 e. The van der Waals surface area contributed by atoms with Gasteiger partial charge in [0.25, 0.3) is 0 Å². The summed E-state index contributed by atoms with van der Waals surface area (Å²) in [4.78, 5) is 7.01. The van der Waals surface area contributed by atoms with Gasteiger partial charge in [-0.3, -0.25) is 4.90 Å². The van der Waals surface area contributed by atoms with Gasteiger partial charge in [-0.2, -0.15) is 4.98 Å². The number of hydrogen-bond donors (Lipinski definition) is 1. The predicted octanol–water partition coefficient (Wildman–Crippen LogP) is 3.18. The molecule has 0 spiro atoms. The van der Waals surface area contributed by atoms with Crippen LogP contribution in [0, 0.1) is 0 Å². The molecule has 0 bridgehead atoms. The maximum atomic E-state index is 10.2. The van der Waals surface area contributed by atoms with Crippen molar-refractivity contribution in [3.8, 4) is 11.4 Å². The number of rotatable bonds is 3. The number of aliphatic hydroxyl groups excluding tert-OH is 1. The zero-order valence-electron chi connectivity index (χ0n) is 13.3. The molecule has 2 aliphatic rings. The van der Waals surface area contributed by atoms with Gasteiger partial charge in [0.05, 0.1) is 12.1 Å². The molecule has 2 heterocycles. The quantitative estimate of drug-likeness (QED) is 0.943. The second-order valence-electron chi connectivity index (χ2n) is 6.72. The number of β-amino-alcohol motifs (C(OH)–C–C–N with tert-alkyl or cyclic N) is 1. The Kier molecular flexibility index (Phi) is 4.14. The van der Waals surface area contributed by atoms with Gasteiger partial charge in [-0.25, -0.2) is 0 Å². The summed E-state index contributed by atoms with van der Waals surface area (Å²) in [6.07, 6.45) is 6.70. The van der Waals surface area contributed by atoms with Gasteiger partial charge in [0.15, 0.2) is 0 Å². The van der Waals surface area contributed by atoms with Gasteiger partial charge in [0.2, 0.25) is 11.7 Å². The molecule has 0 radical (unpaired) electrons. The van der Waals surface area contributed by atoms with E-state index in [1.54, 1.807) is 0 Å². The summed E-state index contributed by atoms with van der Waals surface area (Å²) in [6.45, 7) is 0.721. The van der Waals surface area contributed by atoms with Crippen molar-refractivity contribution < 1.29 is 9.63 Å². The summed E-state index contributed by atoms with van der Waals surface area (Å²) in [7, 11) is 0. The van der Waals surface area contributed by atoms with Crippen LogP contribution in [-0.4, -0.2) is 38.8 Å². The zero-order valence-corrected chi connectivity index (χ0v) is 13.3. The molecule has 1 N–H and O–H groups in total. The van der Waals surface area contributed by atoms with E-state index in [2.05, 4.69) is 15.0 Å². The Bertz CT molecular complexity index is 637. The number of hydrogen-bond acceptors (Lipinski definition) is 5. The Labute approximate surface area is 136 Å². The molecule has 2 unspecified atom stereocenters. The van der Waals surface area contributed by atoms with Crippen molar-refractivity contribution in [3.63, 3.8) is 0 Å². The molecule has 1 aromatic carbocycles. The molecule has 1 saturated carbocycles. The third kappa shape index (κ3) is 3.03. The Morgan fingerprint density at radius 1 is 1.09 bits per heavy atom. The first kappa shape index (κ1) is 14.8. The second kappa shape index (κ2) is 6.42. The van der Waals surface area contributed by atoms with Gasteiger partial charge >= 0.3 is 0 Å². The fraction of sp³-hybridized carbons (Fsp3) is 0.556. The van der Waals surface area contributed by atoms with Crippen LogP contribution < -0.4 is 0 Å². The topological polar surface area (TPSA) is 62.4 Å². The Morgan fingerprint density at radius 3 is 2.65 bits per heavy atom. The molecule has 23 heavy (non-hydrogen) atoms. The lowest BCUT2D eigenvalue weighted by molar-refractivity contribution is 0.110. The van der Waals surface area contributed by atoms with E-state index in [1.165, 1.54) is 32.1 Å². The minimum atomic E-state index is -0.297. The first-order valence-electron chi connectivity index (χ1n) is 8.64. The van der Waals surface area contributed by atoms with Gasteiger partial charge in [-0.05, 0) is 19.3 Å². The molecular weight excluding hydrogens is 290 g/mol. The molecule has 0 amide bonds. The number of likely N-dealkylation sites (tertiary alicyclic amines) is 1. The largest absolute Gasteiger partial charge is 0.392 e. The van der Waals surface area contributed by atoms with E-state index in [1.807, 2.05) is 30.3 Å². The van der Waals surface area contributed by atoms with Crippen molar-refractivity contribution in [1.29, 1.82) is 0 Å². The average molecular weight is 313 g/mol. The minimum Gasteiger partial charge on any atom is -0.392 e. The number of nitrogens with zero attached hydrogens (tertiary/aromatic N) is 3. The van der Waals surface area contributed by atoms with Gasteiger partial charge in [0.1, 0.15) is 0 Å². The van der Waals surface area contributed by atoms with Gasteiger partial charge in [0, 0.05) is 18.2 Å². The predicted molar refractivity (Wildman–Crippen MR) is 86.7 cm³/mol. The summed E-state index contributed by atoms with van der Waals surface area (Å²) < 4.78 is 5.56. The molecule has 4 rings (SSSR count). The lowest BCUT2D eigenvalue weighted by atomic mass is 9.94. The Morgan fingerprint density at radius 2 is 1.87 bits per heavy atom. The van der Waals surface area contributed by atoms with E-state index in [4.69, 9.17) is 4.52 Å². The summed E-state index contributed by atoms with van der Waals surface area (Å²) >= 11 is 0. The lowest BCUT2D eigenvalue weighted by Gasteiger charge is -2.33. The highest BCUT2D eigenvalue weighted by molar-refractivity contribution is 5.53. The van der Waals surface area contributed by atoms with Crippen molar-refractivity contribution in [3.05, 3.63) is 36.2 Å². The molecule has 5 nitrogen and oxygen atoms in total. The Hall–Kier alpha value is -1.72. The molecule has 5 heteroatoms. The van der Waals surface area contributed by atoms with E-state index >= 15 is 0 Å². The highest BCUT2D eigenvalue weighted by Gasteiger charge is 2.39. The first-order valence-corrected chi connectivity index (χ1v) is 8.64. The van der Waals surface area contributed by atoms with Crippen LogP contribution in [0.5, 0.6) is 0 Å². The van der Waals surface area contributed by atoms with Crippen LogP contribution in [0.4, 0.5) is 0 Å². The van der Waals surface area contributed by atoms with Crippen LogP contribution >= 0.6 is 0 Å². The van der Waals surface area contributed by atoms with Crippen LogP contribution in [0.2, 0.25) is 0 Å². The highest BCUT2D eigenvalue weighted by atomic mass is 16.5. The van der Waals surface area contributed by atoms with Crippen LogP contribution in [0.1, 0.15) is 50.5 Å². The third-order valence-corrected chi connectivity index (χ3v) is 5.12. The van der Waals surface area contributed by atoms with E-state index < -0.39 is 0 Å². The van der Waals surface area contributed by atoms with Crippen LogP contribution in [-0.2, 0) is 0 Å². The van der Waals surface area contributed by atoms with Crippen molar-refractivity contribution in [2.24, 2.45) is 0 Å². The zero-order chi connectivity index (χ0) is 15.6. The molecular formula is C18H23N3O2. The van der Waals surface area contributed by atoms with E-state index in [9.17, 15) is 5.11 Å². The summed E-state index contributed by atoms with van der Waals surface area (Å²) in [5, 5.41) is 14.3. The highest BCUT2D eigenvalue weighted by Crippen LogP contribution is 2.37. The van der Waals surface area contributed by atoms with Crippen LogP contribution in [0.15, 0.2) is 34.9 Å². The van der Waals surface area contributed by atoms with Crippen molar-refractivity contribution in [2.75, 3.05) is 6.54 Å². The van der Waals surface area contributed by atoms with E-state index in [-0.39, 0.29) is 12.1 Å². The van der Waals surface area contributed by atoms with Crippen molar-refractivity contribution in [2.45, 2.75) is 56.7 Å². The molecule has 1 aliphatic carbocycles. The number of aliphatic hydroxyl groups is 1. The average Bonchev–Trinajstić information content (AvgIpc) is 3.23. The number of benzene rings is 1. The van der Waals surface area contributed by atoms with Gasteiger partial charge in [-0.15, -0.1) is 0 Å². The fourth-order valence-electron chi connectivity index (χ4n) is 3.97. The molecule has 2 fully saturated rings. The van der Waals surface area contributed by atoms with Gasteiger partial charge in [-0.1, -0.05) is 54.8 Å². The van der Waals surface area contributed by atoms with Gasteiger partial charge < -0.3 is 9.63 Å². The molecule has 1 aliphatic heterocycles. The summed E-state index contributed by atoms with van der Waals surface area (Å²) in [6, 6.07) is 10.5. The molecule has 1 saturated heterocycles. The third-order valence-electron chi connectivity index (χ3n) is 5.12. The monoisotopic (exact) mass is 313 g/mol. The summed E-state index contributed by atoms with van der Waals surface area (Å²) in [5.74, 6) is 1.27. The van der Waals surface area contributed by atoms with Crippen molar-refractivity contribution >= 4 is 0 Å². The fourth-order valence-corrected chi connectivity index (χ4v) is 3.97. The number of aromatic nitrogens is 2. The van der Waals surface area contributed by atoms with E-state index in [0.29, 0.717) is 24.2 Å². The SMILES string of the molecule is OC1CC(c2nc(-c3ccccc3)no2)N(C2CCCCC2)C1. The van der Waals surface area contributed by atoms with Crippen molar-refractivity contribution in [1.82, 2.24) is 15.0 Å². The maximum Gasteiger partial charge on any atom is 0.244 e. The normalized spacial score (nSPS) is 26.7. The van der Waals surface area contributed by atoms with Crippen LogP contribution in [0.25, 0.3) is 11.4 Å². The molecule has 2 aromatic rings. The Balaban J connectivity index is 1.57. The molecule has 2 atom stereocenters. The first-order chi connectivity index (χ1) is 11.3. The standard InChI is InChI=1S/C18H23N3O2/c22-15-11-16(21(12-15)14-9-5-2-6-10-14)18-19-17(20-23-18)13-7-3-1-4-8-13/h1,3-4,7-8,14-16,22H,2,5-6,9-12H2. The second-order valence-corrected chi connectivity index (χ2v) is 6.72.